The molecular weight excluding hydrogens is 286 g/mol. The molecule has 1 amide bonds. The van der Waals surface area contributed by atoms with E-state index in [1.165, 1.54) is 9.44 Å². The van der Waals surface area contributed by atoms with Crippen molar-refractivity contribution in [1.82, 2.24) is 9.55 Å². The maximum atomic E-state index is 12.9. The Morgan fingerprint density at radius 2 is 2.05 bits per heavy atom. The van der Waals surface area contributed by atoms with Gasteiger partial charge in [0.05, 0.1) is 5.39 Å². The highest BCUT2D eigenvalue weighted by Gasteiger charge is 2.26. The molecule has 21 heavy (non-hydrogen) atoms. The molecule has 0 fully saturated rings. The topological polar surface area (TPSA) is 78.0 Å². The van der Waals surface area contributed by atoms with Crippen molar-refractivity contribution in [3.05, 3.63) is 26.6 Å². The van der Waals surface area contributed by atoms with Gasteiger partial charge in [0.25, 0.3) is 5.56 Å². The fourth-order valence-corrected chi connectivity index (χ4v) is 4.24. The first-order valence-corrected chi connectivity index (χ1v) is 8.09. The summed E-state index contributed by atoms with van der Waals surface area (Å²) < 4.78 is 1.49. The molecule has 6 heteroatoms. The van der Waals surface area contributed by atoms with Crippen LogP contribution in [-0.2, 0) is 17.6 Å². The van der Waals surface area contributed by atoms with Gasteiger partial charge >= 0.3 is 0 Å². The minimum absolute atomic E-state index is 0.0563. The molecule has 1 atom stereocenters. The van der Waals surface area contributed by atoms with Gasteiger partial charge in [-0.05, 0) is 31.7 Å². The summed E-state index contributed by atoms with van der Waals surface area (Å²) in [7, 11) is 0. The number of thiophene rings is 1. The van der Waals surface area contributed by atoms with Crippen molar-refractivity contribution in [2.75, 3.05) is 0 Å². The standard InChI is InChI=1S/C15H19N3O2S/c1-7(2)13-17-14-11(9-5-4-6-10(9)21-14)15(20)18(13)8(3)12(16)19/h7-8H,4-6H2,1-3H3,(H2,16,19). The molecular formula is C15H19N3O2S. The zero-order valence-corrected chi connectivity index (χ0v) is 13.3. The Balaban J connectivity index is 2.38. The molecule has 1 aliphatic carbocycles. The quantitative estimate of drug-likeness (QED) is 0.943. The van der Waals surface area contributed by atoms with E-state index in [9.17, 15) is 9.59 Å². The Morgan fingerprint density at radius 3 is 2.67 bits per heavy atom. The van der Waals surface area contributed by atoms with Crippen molar-refractivity contribution < 1.29 is 4.79 Å². The lowest BCUT2D eigenvalue weighted by Crippen LogP contribution is -2.35. The zero-order chi connectivity index (χ0) is 15.3. The highest BCUT2D eigenvalue weighted by Crippen LogP contribution is 2.35. The summed E-state index contributed by atoms with van der Waals surface area (Å²) in [6.07, 6.45) is 3.05. The SMILES string of the molecule is CC(C)c1nc2sc3c(c2c(=O)n1C(C)C(N)=O)CCC3. The maximum absolute atomic E-state index is 12.9. The highest BCUT2D eigenvalue weighted by atomic mass is 32.1. The van der Waals surface area contributed by atoms with E-state index in [1.54, 1.807) is 18.3 Å². The van der Waals surface area contributed by atoms with Crippen molar-refractivity contribution in [3.8, 4) is 0 Å². The number of carbonyl (C=O) groups is 1. The smallest absolute Gasteiger partial charge is 0.263 e. The van der Waals surface area contributed by atoms with Crippen molar-refractivity contribution in [2.24, 2.45) is 5.73 Å². The monoisotopic (exact) mass is 305 g/mol. The number of carbonyl (C=O) groups excluding carboxylic acids is 1. The number of aromatic nitrogens is 2. The van der Waals surface area contributed by atoms with Gasteiger partial charge in [-0.15, -0.1) is 11.3 Å². The molecule has 112 valence electrons. The predicted molar refractivity (Wildman–Crippen MR) is 83.9 cm³/mol. The minimum Gasteiger partial charge on any atom is -0.368 e. The predicted octanol–water partition coefficient (Wildman–Crippen LogP) is 2.12. The summed E-state index contributed by atoms with van der Waals surface area (Å²) in [4.78, 5) is 31.3. The molecule has 1 aliphatic rings. The third-order valence-electron chi connectivity index (χ3n) is 4.11. The number of fused-ring (bicyclic) bond motifs is 3. The zero-order valence-electron chi connectivity index (χ0n) is 12.5. The van der Waals surface area contributed by atoms with Gasteiger partial charge in [0.2, 0.25) is 5.91 Å². The molecule has 0 radical (unpaired) electrons. The van der Waals surface area contributed by atoms with Crippen molar-refractivity contribution in [3.63, 3.8) is 0 Å². The van der Waals surface area contributed by atoms with Gasteiger partial charge in [-0.25, -0.2) is 4.98 Å². The first-order valence-electron chi connectivity index (χ1n) is 7.27. The van der Waals surface area contributed by atoms with Gasteiger partial charge in [-0.1, -0.05) is 13.8 Å². The highest BCUT2D eigenvalue weighted by molar-refractivity contribution is 7.18. The second-order valence-electron chi connectivity index (χ2n) is 5.92. The molecule has 0 aliphatic heterocycles. The fourth-order valence-electron chi connectivity index (χ4n) is 2.98. The summed E-state index contributed by atoms with van der Waals surface area (Å²) in [5, 5.41) is 0.699. The number of nitrogens with two attached hydrogens (primary N) is 1. The van der Waals surface area contributed by atoms with E-state index in [0.717, 1.165) is 29.7 Å². The van der Waals surface area contributed by atoms with E-state index in [2.05, 4.69) is 4.98 Å². The second kappa shape index (κ2) is 4.94. The lowest BCUT2D eigenvalue weighted by atomic mass is 10.1. The molecule has 3 rings (SSSR count). The lowest BCUT2D eigenvalue weighted by Gasteiger charge is -2.18. The van der Waals surface area contributed by atoms with Crippen LogP contribution in [0, 0.1) is 0 Å². The first-order chi connectivity index (χ1) is 9.91. The Kier molecular flexibility index (Phi) is 3.36. The van der Waals surface area contributed by atoms with Crippen LogP contribution in [-0.4, -0.2) is 15.5 Å². The van der Waals surface area contributed by atoms with Gasteiger partial charge in [0.1, 0.15) is 16.7 Å². The molecule has 0 saturated carbocycles. The summed E-state index contributed by atoms with van der Waals surface area (Å²) in [5.41, 5.74) is 6.43. The number of primary amides is 1. The molecule has 0 saturated heterocycles. The Labute approximate surface area is 126 Å². The first kappa shape index (κ1) is 14.3. The van der Waals surface area contributed by atoms with Crippen LogP contribution >= 0.6 is 11.3 Å². The van der Waals surface area contributed by atoms with Crippen LogP contribution in [0.25, 0.3) is 10.2 Å². The third-order valence-corrected chi connectivity index (χ3v) is 5.30. The summed E-state index contributed by atoms with van der Waals surface area (Å²) >= 11 is 1.62. The average molecular weight is 305 g/mol. The van der Waals surface area contributed by atoms with Crippen molar-refractivity contribution in [2.45, 2.75) is 52.0 Å². The van der Waals surface area contributed by atoms with Crippen LogP contribution in [0.2, 0.25) is 0 Å². The molecule has 1 unspecified atom stereocenters. The fraction of sp³-hybridized carbons (Fsp3) is 0.533. The Hall–Kier alpha value is -1.69. The number of amides is 1. The van der Waals surface area contributed by atoms with E-state index in [1.807, 2.05) is 13.8 Å². The maximum Gasteiger partial charge on any atom is 0.263 e. The van der Waals surface area contributed by atoms with Crippen LogP contribution < -0.4 is 11.3 Å². The van der Waals surface area contributed by atoms with Crippen molar-refractivity contribution in [1.29, 1.82) is 0 Å². The normalized spacial score (nSPS) is 15.6. The van der Waals surface area contributed by atoms with Gasteiger partial charge < -0.3 is 5.73 Å². The third kappa shape index (κ3) is 2.09. The number of hydrogen-bond acceptors (Lipinski definition) is 4. The number of nitrogens with zero attached hydrogens (tertiary/aromatic N) is 2. The minimum atomic E-state index is -0.677. The van der Waals surface area contributed by atoms with Gasteiger partial charge in [-0.2, -0.15) is 0 Å². The molecule has 2 N–H and O–H groups in total. The summed E-state index contributed by atoms with van der Waals surface area (Å²) in [5.74, 6) is 0.187. The van der Waals surface area contributed by atoms with Crippen molar-refractivity contribution >= 4 is 27.5 Å². The summed E-state index contributed by atoms with van der Waals surface area (Å²) in [6.45, 7) is 5.61. The van der Waals surface area contributed by atoms with Crippen LogP contribution in [0.3, 0.4) is 0 Å². The summed E-state index contributed by atoms with van der Waals surface area (Å²) in [6, 6.07) is -0.677. The van der Waals surface area contributed by atoms with Gasteiger partial charge in [0, 0.05) is 10.8 Å². The number of rotatable bonds is 3. The second-order valence-corrected chi connectivity index (χ2v) is 7.00. The van der Waals surface area contributed by atoms with E-state index < -0.39 is 11.9 Å². The largest absolute Gasteiger partial charge is 0.368 e. The Morgan fingerprint density at radius 1 is 1.33 bits per heavy atom. The molecule has 2 heterocycles. The molecule has 0 bridgehead atoms. The molecule has 0 aromatic carbocycles. The van der Waals surface area contributed by atoms with E-state index in [-0.39, 0.29) is 11.5 Å². The van der Waals surface area contributed by atoms with E-state index in [0.29, 0.717) is 11.2 Å². The molecule has 5 nitrogen and oxygen atoms in total. The molecule has 2 aromatic rings. The van der Waals surface area contributed by atoms with Gasteiger partial charge in [-0.3, -0.25) is 14.2 Å². The van der Waals surface area contributed by atoms with E-state index >= 15 is 0 Å². The van der Waals surface area contributed by atoms with Crippen LogP contribution in [0.5, 0.6) is 0 Å². The van der Waals surface area contributed by atoms with Crippen LogP contribution in [0.15, 0.2) is 4.79 Å². The molecule has 2 aromatic heterocycles. The molecule has 0 spiro atoms. The lowest BCUT2D eigenvalue weighted by molar-refractivity contribution is -0.120. The number of aryl methyl sites for hydroxylation is 2. The van der Waals surface area contributed by atoms with Gasteiger partial charge in [0.15, 0.2) is 0 Å². The number of hydrogen-bond donors (Lipinski definition) is 1. The van der Waals surface area contributed by atoms with Crippen LogP contribution in [0.1, 0.15) is 55.4 Å². The van der Waals surface area contributed by atoms with Crippen LogP contribution in [0.4, 0.5) is 0 Å². The van der Waals surface area contributed by atoms with E-state index in [4.69, 9.17) is 5.73 Å². The average Bonchev–Trinajstić information content (AvgIpc) is 2.97. The Bertz CT molecular complexity index is 788.